The summed E-state index contributed by atoms with van der Waals surface area (Å²) in [6.07, 6.45) is 2.80. The highest BCUT2D eigenvalue weighted by Gasteiger charge is 2.17. The predicted octanol–water partition coefficient (Wildman–Crippen LogP) is 2.61. The molecular weight excluding hydrogens is 278 g/mol. The van der Waals surface area contributed by atoms with Gasteiger partial charge in [0.1, 0.15) is 0 Å². The molecule has 1 heterocycles. The molecule has 0 atom stereocenters. The molecule has 1 aromatic heterocycles. The second kappa shape index (κ2) is 7.45. The van der Waals surface area contributed by atoms with Crippen LogP contribution >= 0.6 is 23.6 Å². The number of hydrazine groups is 1. The number of thiophene rings is 1. The fourth-order valence-electron chi connectivity index (χ4n) is 1.83. The number of rotatable bonds is 5. The highest BCUT2D eigenvalue weighted by Crippen LogP contribution is 2.22. The van der Waals surface area contributed by atoms with Crippen molar-refractivity contribution in [1.29, 1.82) is 0 Å². The molecule has 0 saturated carbocycles. The minimum Gasteiger partial charge on any atom is -0.375 e. The number of nitrogens with two attached hydrogens (primary N) is 1. The lowest BCUT2D eigenvalue weighted by molar-refractivity contribution is 0.0869. The number of carbonyl (C=O) groups excluding carboxylic acids is 1. The number of hydrogen-bond acceptors (Lipinski definition) is 3. The molecule has 0 fully saturated rings. The summed E-state index contributed by atoms with van der Waals surface area (Å²) in [5.74, 6) is -0.134. The van der Waals surface area contributed by atoms with E-state index < -0.39 is 0 Å². The first-order valence-corrected chi connectivity index (χ1v) is 7.74. The van der Waals surface area contributed by atoms with Gasteiger partial charge < -0.3 is 5.73 Å². The molecular formula is C13H21N3OS2. The molecule has 6 heteroatoms. The number of nitrogens with zero attached hydrogens (tertiary/aromatic N) is 1. The van der Waals surface area contributed by atoms with Crippen LogP contribution in [0.5, 0.6) is 0 Å². The Morgan fingerprint density at radius 2 is 2.21 bits per heavy atom. The van der Waals surface area contributed by atoms with Gasteiger partial charge in [-0.05, 0) is 37.5 Å². The van der Waals surface area contributed by atoms with E-state index in [0.717, 1.165) is 30.4 Å². The fraction of sp³-hybridized carbons (Fsp3) is 0.538. The van der Waals surface area contributed by atoms with Crippen molar-refractivity contribution in [2.24, 2.45) is 5.73 Å². The molecule has 0 saturated heterocycles. The predicted molar refractivity (Wildman–Crippen MR) is 84.3 cm³/mol. The van der Waals surface area contributed by atoms with Gasteiger partial charge in [-0.2, -0.15) is 0 Å². The summed E-state index contributed by atoms with van der Waals surface area (Å²) in [6.45, 7) is 6.80. The Balaban J connectivity index is 2.78. The zero-order valence-electron chi connectivity index (χ0n) is 11.7. The highest BCUT2D eigenvalue weighted by molar-refractivity contribution is 7.80. The van der Waals surface area contributed by atoms with Gasteiger partial charge in [0.2, 0.25) is 0 Å². The first-order chi connectivity index (χ1) is 9.01. The average molecular weight is 299 g/mol. The Labute approximate surface area is 123 Å². The zero-order chi connectivity index (χ0) is 14.4. The average Bonchev–Trinajstić information content (AvgIpc) is 2.74. The van der Waals surface area contributed by atoms with Gasteiger partial charge in [0.05, 0.1) is 5.56 Å². The highest BCUT2D eigenvalue weighted by atomic mass is 32.1. The zero-order valence-corrected chi connectivity index (χ0v) is 13.3. The summed E-state index contributed by atoms with van der Waals surface area (Å²) < 4.78 is 0. The third-order valence-corrected chi connectivity index (χ3v) is 4.11. The lowest BCUT2D eigenvalue weighted by Crippen LogP contribution is -2.49. The lowest BCUT2D eigenvalue weighted by Gasteiger charge is -2.23. The van der Waals surface area contributed by atoms with Crippen LogP contribution in [0.1, 0.15) is 47.5 Å². The van der Waals surface area contributed by atoms with Crippen LogP contribution in [0.25, 0.3) is 0 Å². The van der Waals surface area contributed by atoms with Crippen molar-refractivity contribution in [2.45, 2.75) is 40.0 Å². The normalized spacial score (nSPS) is 10.3. The molecule has 0 aromatic carbocycles. The van der Waals surface area contributed by atoms with E-state index in [2.05, 4.69) is 12.3 Å². The van der Waals surface area contributed by atoms with E-state index in [1.807, 2.05) is 19.2 Å². The number of carbonyl (C=O) groups is 1. The minimum absolute atomic E-state index is 0.134. The van der Waals surface area contributed by atoms with E-state index in [1.165, 1.54) is 4.88 Å². The van der Waals surface area contributed by atoms with E-state index in [9.17, 15) is 4.79 Å². The Morgan fingerprint density at radius 3 is 2.74 bits per heavy atom. The first-order valence-electron chi connectivity index (χ1n) is 6.46. The molecule has 0 bridgehead atoms. The van der Waals surface area contributed by atoms with Gasteiger partial charge >= 0.3 is 0 Å². The van der Waals surface area contributed by atoms with Crippen molar-refractivity contribution in [2.75, 3.05) is 6.54 Å². The van der Waals surface area contributed by atoms with Crippen molar-refractivity contribution in [3.63, 3.8) is 0 Å². The maximum absolute atomic E-state index is 12.3. The van der Waals surface area contributed by atoms with Crippen LogP contribution in [-0.2, 0) is 6.42 Å². The molecule has 0 aliphatic carbocycles. The SMILES string of the molecule is CCCCN(NC(=O)c1csc(C)c1CC)C(N)=S. The van der Waals surface area contributed by atoms with E-state index >= 15 is 0 Å². The Morgan fingerprint density at radius 1 is 1.53 bits per heavy atom. The van der Waals surface area contributed by atoms with E-state index in [-0.39, 0.29) is 11.0 Å². The number of nitrogens with one attached hydrogen (secondary N) is 1. The van der Waals surface area contributed by atoms with E-state index in [0.29, 0.717) is 6.54 Å². The van der Waals surface area contributed by atoms with Crippen LogP contribution in [0.2, 0.25) is 0 Å². The van der Waals surface area contributed by atoms with Crippen LogP contribution in [0.4, 0.5) is 0 Å². The molecule has 19 heavy (non-hydrogen) atoms. The fourth-order valence-corrected chi connectivity index (χ4v) is 2.91. The Kier molecular flexibility index (Phi) is 6.24. The lowest BCUT2D eigenvalue weighted by atomic mass is 10.1. The molecule has 3 N–H and O–H groups in total. The Hall–Kier alpha value is -1.14. The summed E-state index contributed by atoms with van der Waals surface area (Å²) in [7, 11) is 0. The van der Waals surface area contributed by atoms with Crippen molar-refractivity contribution < 1.29 is 4.79 Å². The maximum Gasteiger partial charge on any atom is 0.270 e. The van der Waals surface area contributed by atoms with Crippen molar-refractivity contribution in [3.05, 3.63) is 21.4 Å². The standard InChI is InChI=1S/C13H21N3OS2/c1-4-6-7-16(13(14)18)15-12(17)11-8-19-9(3)10(11)5-2/h8H,4-7H2,1-3H3,(H2,14,18)(H,15,17). The van der Waals surface area contributed by atoms with Gasteiger partial charge in [0.15, 0.2) is 5.11 Å². The van der Waals surface area contributed by atoms with Crippen molar-refractivity contribution in [3.8, 4) is 0 Å². The third-order valence-electron chi connectivity index (χ3n) is 2.94. The Bertz CT molecular complexity index is 457. The van der Waals surface area contributed by atoms with Crippen molar-refractivity contribution >= 4 is 34.6 Å². The van der Waals surface area contributed by atoms with Gasteiger partial charge in [-0.15, -0.1) is 11.3 Å². The molecule has 0 unspecified atom stereocenters. The molecule has 1 rings (SSSR count). The van der Waals surface area contributed by atoms with Crippen LogP contribution < -0.4 is 11.2 Å². The van der Waals surface area contributed by atoms with Gasteiger partial charge in [0.25, 0.3) is 5.91 Å². The quantitative estimate of drug-likeness (QED) is 0.648. The second-order valence-corrected chi connectivity index (χ2v) is 5.82. The largest absolute Gasteiger partial charge is 0.375 e. The number of hydrogen-bond donors (Lipinski definition) is 2. The number of amides is 1. The van der Waals surface area contributed by atoms with Crippen molar-refractivity contribution in [1.82, 2.24) is 10.4 Å². The molecule has 106 valence electrons. The third kappa shape index (κ3) is 4.18. The number of unbranched alkanes of at least 4 members (excludes halogenated alkanes) is 1. The molecule has 1 amide bonds. The van der Waals surface area contributed by atoms with Crippen LogP contribution in [0.3, 0.4) is 0 Å². The number of aryl methyl sites for hydroxylation is 1. The number of thiocarbonyl (C=S) groups is 1. The van der Waals surface area contributed by atoms with E-state index in [1.54, 1.807) is 16.3 Å². The second-order valence-electron chi connectivity index (χ2n) is 4.32. The maximum atomic E-state index is 12.3. The van der Waals surface area contributed by atoms with Gasteiger partial charge in [0, 0.05) is 16.8 Å². The summed E-state index contributed by atoms with van der Waals surface area (Å²) in [4.78, 5) is 13.4. The summed E-state index contributed by atoms with van der Waals surface area (Å²) in [5, 5.41) is 3.64. The molecule has 1 aromatic rings. The molecule has 0 aliphatic heterocycles. The molecule has 0 radical (unpaired) electrons. The minimum atomic E-state index is -0.134. The molecule has 4 nitrogen and oxygen atoms in total. The van der Waals surface area contributed by atoms with Crippen LogP contribution in [0, 0.1) is 6.92 Å². The summed E-state index contributed by atoms with van der Waals surface area (Å²) >= 11 is 6.55. The summed E-state index contributed by atoms with van der Waals surface area (Å²) in [5.41, 5.74) is 10.2. The molecule has 0 spiro atoms. The molecule has 0 aliphatic rings. The topological polar surface area (TPSA) is 58.4 Å². The van der Waals surface area contributed by atoms with Crippen LogP contribution in [-0.4, -0.2) is 22.6 Å². The van der Waals surface area contributed by atoms with Gasteiger partial charge in [-0.3, -0.25) is 15.2 Å². The van der Waals surface area contributed by atoms with Gasteiger partial charge in [-0.1, -0.05) is 20.3 Å². The van der Waals surface area contributed by atoms with Crippen LogP contribution in [0.15, 0.2) is 5.38 Å². The smallest absolute Gasteiger partial charge is 0.270 e. The monoisotopic (exact) mass is 299 g/mol. The van der Waals surface area contributed by atoms with Gasteiger partial charge in [-0.25, -0.2) is 0 Å². The van der Waals surface area contributed by atoms with E-state index in [4.69, 9.17) is 18.0 Å². The summed E-state index contributed by atoms with van der Waals surface area (Å²) in [6, 6.07) is 0. The first kappa shape index (κ1) is 15.9.